The van der Waals surface area contributed by atoms with Gasteiger partial charge in [0.25, 0.3) is 11.8 Å². The van der Waals surface area contributed by atoms with Gasteiger partial charge in [-0.15, -0.1) is 0 Å². The van der Waals surface area contributed by atoms with Crippen LogP contribution in [0.5, 0.6) is 0 Å². The van der Waals surface area contributed by atoms with Crippen LogP contribution in [0.1, 0.15) is 56.5 Å². The number of aliphatic hydroxyl groups excluding tert-OH is 1. The maximum Gasteiger partial charge on any atom is 0.405 e. The lowest BCUT2D eigenvalue weighted by Gasteiger charge is -2.32. The number of Topliss-reactive ketones (excluding diaryl/α,β-unsaturated/α-hetero) is 1. The molecule has 14 nitrogen and oxygen atoms in total. The monoisotopic (exact) mass is 761 g/mol. The van der Waals surface area contributed by atoms with Crippen LogP contribution >= 0.6 is 0 Å². The first kappa shape index (κ1) is 43.0. The number of piperazine rings is 1. The summed E-state index contributed by atoms with van der Waals surface area (Å²) < 4.78 is 16.7. The summed E-state index contributed by atoms with van der Waals surface area (Å²) in [7, 11) is 4.99. The molecular formula is C41H55N5O9. The fraction of sp³-hybridized carbons (Fsp3) is 0.488. The van der Waals surface area contributed by atoms with E-state index in [4.69, 9.17) is 19.9 Å². The minimum Gasteiger partial charge on any atom is -0.439 e. The zero-order valence-electron chi connectivity index (χ0n) is 32.8. The molecule has 0 aromatic heterocycles. The average Bonchev–Trinajstić information content (AvgIpc) is 3.15. The highest BCUT2D eigenvalue weighted by molar-refractivity contribution is 6.24. The van der Waals surface area contributed by atoms with Gasteiger partial charge in [0.1, 0.15) is 6.10 Å². The Morgan fingerprint density at radius 3 is 2.31 bits per heavy atom. The van der Waals surface area contributed by atoms with Crippen LogP contribution in [0.2, 0.25) is 0 Å². The molecule has 1 saturated heterocycles. The number of benzene rings is 1. The summed E-state index contributed by atoms with van der Waals surface area (Å²) in [6, 6.07) is 7.15. The SMILES string of the molecule is CO[C@H]1/C=C\C=C(/C)C(=O)NC2=CC(=O)C(NC(=O)c3ccc(CN4CCN(C)CC4)cc3)=C(C[C@@H](C)C[C@H](OC)[C@H](O)[C@@H](C)/C=C(\C)[C@H]1OC(N)=O)C2=O. The van der Waals surface area contributed by atoms with Crippen molar-refractivity contribution < 1.29 is 43.3 Å². The Kier molecular flexibility index (Phi) is 15.4. The standard InChI is InChI=1S/C41H55N5O9/c1-24-19-30-35(44-40(51)29-13-11-28(12-14-29)23-46-17-15-45(5)16-18-46)32(47)22-31(37(30)49)43-39(50)25(2)9-8-10-33(53-6)38(55-41(42)52)27(4)21-26(3)36(48)34(20-24)54-7/h8-14,21-22,24,26,33-34,36,38,48H,15-20,23H2,1-7H3,(H2,42,52)(H,43,50)(H,44,51)/b10-8-,25-9+,27-21+/t24-,26+,33+,34+,36-,38-/m1/s1. The third-order valence-electron chi connectivity index (χ3n) is 10.3. The van der Waals surface area contributed by atoms with Gasteiger partial charge >= 0.3 is 6.09 Å². The first-order valence-corrected chi connectivity index (χ1v) is 18.5. The van der Waals surface area contributed by atoms with Crippen LogP contribution < -0.4 is 16.4 Å². The molecule has 1 aliphatic carbocycles. The van der Waals surface area contributed by atoms with Gasteiger partial charge in [-0.05, 0) is 62.9 Å². The quantitative estimate of drug-likeness (QED) is 0.236. The van der Waals surface area contributed by atoms with Crippen LogP contribution in [0.3, 0.4) is 0 Å². The second-order valence-electron chi connectivity index (χ2n) is 14.7. The highest BCUT2D eigenvalue weighted by Gasteiger charge is 2.34. The maximum atomic E-state index is 14.1. The molecule has 3 amide bonds. The molecule has 0 unspecified atom stereocenters. The molecule has 2 aliphatic heterocycles. The van der Waals surface area contributed by atoms with Crippen LogP contribution in [0.15, 0.2) is 82.8 Å². The smallest absolute Gasteiger partial charge is 0.405 e. The lowest BCUT2D eigenvalue weighted by molar-refractivity contribution is -0.120. The Hall–Kier alpha value is -4.73. The minimum atomic E-state index is -1.04. The molecule has 0 spiro atoms. The van der Waals surface area contributed by atoms with E-state index in [0.717, 1.165) is 44.4 Å². The number of amides is 3. The number of hydrogen-bond acceptors (Lipinski definition) is 11. The van der Waals surface area contributed by atoms with Crippen LogP contribution in [0, 0.1) is 11.8 Å². The summed E-state index contributed by atoms with van der Waals surface area (Å²) in [5.41, 5.74) is 7.12. The minimum absolute atomic E-state index is 0.0226. The number of likely N-dealkylation sites (N-methyl/N-ethyl adjacent to an activating group) is 1. The first-order valence-electron chi connectivity index (χ1n) is 18.5. The number of rotatable bonds is 7. The predicted octanol–water partition coefficient (Wildman–Crippen LogP) is 2.94. The summed E-state index contributed by atoms with van der Waals surface area (Å²) in [5.74, 6) is -3.32. The number of ketones is 2. The van der Waals surface area contributed by atoms with E-state index < -0.39 is 59.8 Å². The lowest BCUT2D eigenvalue weighted by Crippen LogP contribution is -2.43. The maximum absolute atomic E-state index is 14.1. The molecule has 55 heavy (non-hydrogen) atoms. The Bertz CT molecular complexity index is 1750. The van der Waals surface area contributed by atoms with Crippen molar-refractivity contribution in [3.63, 3.8) is 0 Å². The summed E-state index contributed by atoms with van der Waals surface area (Å²) in [5, 5.41) is 16.7. The van der Waals surface area contributed by atoms with Gasteiger partial charge in [0.05, 0.1) is 23.6 Å². The number of primary amides is 1. The van der Waals surface area contributed by atoms with Crippen LogP contribution in [0.25, 0.3) is 0 Å². The van der Waals surface area contributed by atoms with E-state index in [1.807, 2.05) is 19.1 Å². The van der Waals surface area contributed by atoms with E-state index in [9.17, 15) is 29.1 Å². The highest BCUT2D eigenvalue weighted by atomic mass is 16.6. The topological polar surface area (TPSA) is 190 Å². The molecule has 5 N–H and O–H groups in total. The van der Waals surface area contributed by atoms with Gasteiger partial charge < -0.3 is 40.6 Å². The van der Waals surface area contributed by atoms with Gasteiger partial charge in [0, 0.05) is 75.6 Å². The van der Waals surface area contributed by atoms with E-state index in [0.29, 0.717) is 11.1 Å². The number of fused-ring (bicyclic) bond motifs is 2. The van der Waals surface area contributed by atoms with Crippen molar-refractivity contribution in [1.82, 2.24) is 20.4 Å². The van der Waals surface area contributed by atoms with Gasteiger partial charge in [0.15, 0.2) is 6.10 Å². The Balaban J connectivity index is 1.66. The zero-order valence-corrected chi connectivity index (χ0v) is 32.8. The van der Waals surface area contributed by atoms with Crippen molar-refractivity contribution in [1.29, 1.82) is 0 Å². The fourth-order valence-electron chi connectivity index (χ4n) is 6.93. The number of ether oxygens (including phenoxy) is 3. The van der Waals surface area contributed by atoms with E-state index in [1.165, 1.54) is 33.3 Å². The molecule has 6 atom stereocenters. The molecule has 3 aliphatic rings. The van der Waals surface area contributed by atoms with Crippen molar-refractivity contribution in [2.45, 2.75) is 71.5 Å². The number of methoxy groups -OCH3 is 2. The van der Waals surface area contributed by atoms with E-state index >= 15 is 0 Å². The average molecular weight is 762 g/mol. The highest BCUT2D eigenvalue weighted by Crippen LogP contribution is 2.29. The molecule has 2 bridgehead atoms. The Morgan fingerprint density at radius 1 is 1.02 bits per heavy atom. The third kappa shape index (κ3) is 11.6. The van der Waals surface area contributed by atoms with Crippen molar-refractivity contribution in [3.05, 3.63) is 93.9 Å². The molecular weight excluding hydrogens is 706 g/mol. The normalized spacial score (nSPS) is 29.3. The van der Waals surface area contributed by atoms with E-state index in [1.54, 1.807) is 38.1 Å². The van der Waals surface area contributed by atoms with Crippen molar-refractivity contribution in [3.8, 4) is 0 Å². The number of nitrogens with zero attached hydrogens (tertiary/aromatic N) is 2. The number of carbonyl (C=O) groups excluding carboxylic acids is 5. The number of nitrogens with two attached hydrogens (primary N) is 1. The van der Waals surface area contributed by atoms with Crippen molar-refractivity contribution in [2.24, 2.45) is 17.6 Å². The second-order valence-corrected chi connectivity index (χ2v) is 14.7. The van der Waals surface area contributed by atoms with Crippen molar-refractivity contribution in [2.75, 3.05) is 47.4 Å². The molecule has 1 aromatic carbocycles. The van der Waals surface area contributed by atoms with Gasteiger partial charge in [-0.3, -0.25) is 24.1 Å². The summed E-state index contributed by atoms with van der Waals surface area (Å²) in [6.45, 7) is 11.5. The van der Waals surface area contributed by atoms with Crippen molar-refractivity contribution >= 4 is 29.5 Å². The zero-order chi connectivity index (χ0) is 40.4. The number of hydrogen-bond donors (Lipinski definition) is 4. The molecule has 1 fully saturated rings. The molecule has 298 valence electrons. The predicted molar refractivity (Wildman–Crippen MR) is 206 cm³/mol. The van der Waals surface area contributed by atoms with E-state index in [2.05, 4.69) is 27.5 Å². The van der Waals surface area contributed by atoms with Gasteiger partial charge in [0.2, 0.25) is 11.6 Å². The lowest BCUT2D eigenvalue weighted by atomic mass is 9.85. The summed E-state index contributed by atoms with van der Waals surface area (Å²) >= 11 is 0. The molecule has 4 rings (SSSR count). The van der Waals surface area contributed by atoms with Crippen LogP contribution in [-0.4, -0.2) is 116 Å². The molecule has 0 saturated carbocycles. The van der Waals surface area contributed by atoms with E-state index in [-0.39, 0.29) is 41.3 Å². The van der Waals surface area contributed by atoms with Gasteiger partial charge in [-0.1, -0.05) is 50.3 Å². The molecule has 14 heteroatoms. The number of allylic oxidation sites excluding steroid dienone is 4. The van der Waals surface area contributed by atoms with Gasteiger partial charge in [-0.25, -0.2) is 4.79 Å². The largest absolute Gasteiger partial charge is 0.439 e. The number of nitrogens with one attached hydrogen (secondary N) is 2. The third-order valence-corrected chi connectivity index (χ3v) is 10.3. The number of aliphatic hydroxyl groups is 1. The van der Waals surface area contributed by atoms with Gasteiger partial charge in [-0.2, -0.15) is 0 Å². The molecule has 1 aromatic rings. The second kappa shape index (κ2) is 19.7. The Morgan fingerprint density at radius 2 is 1.69 bits per heavy atom. The number of carbonyl (C=O) groups is 5. The summed E-state index contributed by atoms with van der Waals surface area (Å²) in [6.07, 6.45) is 3.07. The summed E-state index contributed by atoms with van der Waals surface area (Å²) in [4.78, 5) is 71.1. The Labute approximate surface area is 323 Å². The van der Waals surface area contributed by atoms with Crippen LogP contribution in [-0.2, 0) is 35.1 Å². The first-order chi connectivity index (χ1) is 26.1. The molecule has 0 radical (unpaired) electrons. The fourth-order valence-corrected chi connectivity index (χ4v) is 6.93. The van der Waals surface area contributed by atoms with Crippen LogP contribution in [0.4, 0.5) is 4.79 Å². The molecule has 2 heterocycles.